The molecule has 0 radical (unpaired) electrons. The number of benzene rings is 1. The van der Waals surface area contributed by atoms with Gasteiger partial charge in [0.15, 0.2) is 0 Å². The first-order valence-corrected chi connectivity index (χ1v) is 7.35. The van der Waals surface area contributed by atoms with Crippen molar-refractivity contribution in [2.24, 2.45) is 0 Å². The van der Waals surface area contributed by atoms with Crippen molar-refractivity contribution in [2.45, 2.75) is 27.3 Å². The van der Waals surface area contributed by atoms with Crippen LogP contribution in [0.1, 0.15) is 39.7 Å². The first-order valence-electron chi connectivity index (χ1n) is 7.35. The van der Waals surface area contributed by atoms with Crippen LogP contribution in [0.2, 0.25) is 0 Å². The molecule has 0 amide bonds. The van der Waals surface area contributed by atoms with Crippen LogP contribution in [0.4, 0.5) is 0 Å². The zero-order chi connectivity index (χ0) is 17.0. The maximum atomic E-state index is 12.4. The van der Waals surface area contributed by atoms with Gasteiger partial charge >= 0.3 is 5.97 Å². The summed E-state index contributed by atoms with van der Waals surface area (Å²) in [5.74, 6) is -0.366. The number of aryl methyl sites for hydroxylation is 2. The standard InChI is InChI=1S/C18H18N2O3/c1-4-23-18(22)15-7-5-14(6-8-15)11-20-13(3)9-12(2)16(10-19)17(20)21/h5-9H,4,11H2,1-3H3. The Morgan fingerprint density at radius 3 is 2.48 bits per heavy atom. The normalized spacial score (nSPS) is 10.2. The lowest BCUT2D eigenvalue weighted by molar-refractivity contribution is 0.0526. The summed E-state index contributed by atoms with van der Waals surface area (Å²) in [6, 6.07) is 10.7. The number of rotatable bonds is 4. The van der Waals surface area contributed by atoms with Crippen LogP contribution in [0.25, 0.3) is 0 Å². The quantitative estimate of drug-likeness (QED) is 0.814. The van der Waals surface area contributed by atoms with Crippen molar-refractivity contribution < 1.29 is 9.53 Å². The molecule has 1 heterocycles. The molecule has 5 nitrogen and oxygen atoms in total. The fraction of sp³-hybridized carbons (Fsp3) is 0.278. The largest absolute Gasteiger partial charge is 0.462 e. The van der Waals surface area contributed by atoms with Gasteiger partial charge < -0.3 is 9.30 Å². The third kappa shape index (κ3) is 3.49. The zero-order valence-electron chi connectivity index (χ0n) is 13.4. The minimum absolute atomic E-state index is 0.166. The lowest BCUT2D eigenvalue weighted by Gasteiger charge is -2.12. The molecule has 0 aliphatic carbocycles. The third-order valence-electron chi connectivity index (χ3n) is 3.62. The van der Waals surface area contributed by atoms with E-state index < -0.39 is 0 Å². The average Bonchev–Trinajstić information content (AvgIpc) is 2.52. The zero-order valence-corrected chi connectivity index (χ0v) is 13.4. The van der Waals surface area contributed by atoms with E-state index in [1.54, 1.807) is 42.7 Å². The van der Waals surface area contributed by atoms with Gasteiger partial charge in [0.05, 0.1) is 18.7 Å². The van der Waals surface area contributed by atoms with E-state index in [9.17, 15) is 9.59 Å². The summed E-state index contributed by atoms with van der Waals surface area (Å²) in [4.78, 5) is 24.0. The van der Waals surface area contributed by atoms with Gasteiger partial charge in [0.2, 0.25) is 0 Å². The van der Waals surface area contributed by atoms with Crippen LogP contribution >= 0.6 is 0 Å². The summed E-state index contributed by atoms with van der Waals surface area (Å²) in [6.07, 6.45) is 0. The Morgan fingerprint density at radius 2 is 1.91 bits per heavy atom. The van der Waals surface area contributed by atoms with Crippen LogP contribution in [-0.4, -0.2) is 17.1 Å². The first-order chi connectivity index (χ1) is 11.0. The molecular weight excluding hydrogens is 292 g/mol. The molecule has 0 atom stereocenters. The summed E-state index contributed by atoms with van der Waals surface area (Å²) in [7, 11) is 0. The van der Waals surface area contributed by atoms with Crippen molar-refractivity contribution in [3.8, 4) is 6.07 Å². The van der Waals surface area contributed by atoms with Gasteiger partial charge in [-0.1, -0.05) is 12.1 Å². The highest BCUT2D eigenvalue weighted by molar-refractivity contribution is 5.89. The van der Waals surface area contributed by atoms with E-state index in [2.05, 4.69) is 0 Å². The molecule has 1 aromatic heterocycles. The second kappa shape index (κ2) is 6.93. The van der Waals surface area contributed by atoms with Crippen LogP contribution in [0.3, 0.4) is 0 Å². The third-order valence-corrected chi connectivity index (χ3v) is 3.62. The molecule has 23 heavy (non-hydrogen) atoms. The minimum atomic E-state index is -0.366. The summed E-state index contributed by atoms with van der Waals surface area (Å²) >= 11 is 0. The fourth-order valence-electron chi connectivity index (χ4n) is 2.40. The molecule has 2 aromatic rings. The average molecular weight is 310 g/mol. The fourth-order valence-corrected chi connectivity index (χ4v) is 2.40. The predicted octanol–water partition coefficient (Wildman–Crippen LogP) is 2.56. The Balaban J connectivity index is 2.32. The molecule has 0 bridgehead atoms. The number of aromatic nitrogens is 1. The topological polar surface area (TPSA) is 72.1 Å². The van der Waals surface area contributed by atoms with Crippen molar-refractivity contribution in [1.29, 1.82) is 5.26 Å². The molecule has 5 heteroatoms. The van der Waals surface area contributed by atoms with Crippen LogP contribution < -0.4 is 5.56 Å². The summed E-state index contributed by atoms with van der Waals surface area (Å²) < 4.78 is 6.50. The van der Waals surface area contributed by atoms with Gasteiger partial charge in [-0.25, -0.2) is 4.79 Å². The number of carbonyl (C=O) groups excluding carboxylic acids is 1. The maximum absolute atomic E-state index is 12.4. The molecule has 0 fully saturated rings. The van der Waals surface area contributed by atoms with Gasteiger partial charge in [-0.15, -0.1) is 0 Å². The van der Waals surface area contributed by atoms with Crippen LogP contribution in [-0.2, 0) is 11.3 Å². The van der Waals surface area contributed by atoms with E-state index in [4.69, 9.17) is 10.00 Å². The molecule has 0 N–H and O–H groups in total. The van der Waals surface area contributed by atoms with Crippen molar-refractivity contribution in [1.82, 2.24) is 4.57 Å². The predicted molar refractivity (Wildman–Crippen MR) is 86.4 cm³/mol. The molecule has 0 spiro atoms. The Morgan fingerprint density at radius 1 is 1.26 bits per heavy atom. The van der Waals surface area contributed by atoms with E-state index in [0.717, 1.165) is 11.3 Å². The smallest absolute Gasteiger partial charge is 0.338 e. The summed E-state index contributed by atoms with van der Waals surface area (Å²) in [5.41, 5.74) is 2.69. The van der Waals surface area contributed by atoms with E-state index in [0.29, 0.717) is 24.3 Å². The number of nitriles is 1. The molecule has 0 aliphatic heterocycles. The maximum Gasteiger partial charge on any atom is 0.338 e. The van der Waals surface area contributed by atoms with Crippen molar-refractivity contribution in [2.75, 3.05) is 6.61 Å². The van der Waals surface area contributed by atoms with Gasteiger partial charge in [-0.3, -0.25) is 4.79 Å². The van der Waals surface area contributed by atoms with Crippen molar-refractivity contribution in [3.05, 3.63) is 68.6 Å². The van der Waals surface area contributed by atoms with Crippen LogP contribution in [0.15, 0.2) is 35.1 Å². The second-order valence-electron chi connectivity index (χ2n) is 5.26. The lowest BCUT2D eigenvalue weighted by Crippen LogP contribution is -2.26. The Bertz CT molecular complexity index is 827. The molecule has 2 rings (SSSR count). The highest BCUT2D eigenvalue weighted by Gasteiger charge is 2.11. The highest BCUT2D eigenvalue weighted by atomic mass is 16.5. The number of hydrogen-bond acceptors (Lipinski definition) is 4. The molecule has 118 valence electrons. The van der Waals surface area contributed by atoms with Crippen LogP contribution in [0, 0.1) is 25.2 Å². The van der Waals surface area contributed by atoms with Gasteiger partial charge in [0.25, 0.3) is 5.56 Å². The monoisotopic (exact) mass is 310 g/mol. The Hall–Kier alpha value is -2.87. The highest BCUT2D eigenvalue weighted by Crippen LogP contribution is 2.10. The summed E-state index contributed by atoms with van der Waals surface area (Å²) in [5, 5.41) is 9.11. The number of pyridine rings is 1. The van der Waals surface area contributed by atoms with E-state index in [1.807, 2.05) is 19.1 Å². The number of hydrogen-bond donors (Lipinski definition) is 0. The van der Waals surface area contributed by atoms with Crippen molar-refractivity contribution in [3.63, 3.8) is 0 Å². The molecule has 1 aromatic carbocycles. The van der Waals surface area contributed by atoms with E-state index >= 15 is 0 Å². The molecule has 0 saturated carbocycles. The molecule has 0 unspecified atom stereocenters. The number of ether oxygens (including phenoxy) is 1. The van der Waals surface area contributed by atoms with Gasteiger partial charge in [0, 0.05) is 5.69 Å². The molecular formula is C18H18N2O3. The Labute approximate surface area is 134 Å². The molecule has 0 saturated heterocycles. The Kier molecular flexibility index (Phi) is 4.97. The van der Waals surface area contributed by atoms with E-state index in [-0.39, 0.29) is 17.1 Å². The number of carbonyl (C=O) groups is 1. The van der Waals surface area contributed by atoms with Gasteiger partial charge in [0.1, 0.15) is 11.6 Å². The first kappa shape index (κ1) is 16.5. The van der Waals surface area contributed by atoms with Gasteiger partial charge in [-0.05, 0) is 50.1 Å². The SMILES string of the molecule is CCOC(=O)c1ccc(Cn2c(C)cc(C)c(C#N)c2=O)cc1. The minimum Gasteiger partial charge on any atom is -0.462 e. The van der Waals surface area contributed by atoms with Gasteiger partial charge in [-0.2, -0.15) is 5.26 Å². The van der Waals surface area contributed by atoms with Crippen LogP contribution in [0.5, 0.6) is 0 Å². The number of esters is 1. The second-order valence-corrected chi connectivity index (χ2v) is 5.26. The van der Waals surface area contributed by atoms with Crippen molar-refractivity contribution >= 4 is 5.97 Å². The lowest BCUT2D eigenvalue weighted by atomic mass is 10.1. The molecule has 0 aliphatic rings. The number of nitrogens with zero attached hydrogens (tertiary/aromatic N) is 2. The van der Waals surface area contributed by atoms with E-state index in [1.165, 1.54) is 0 Å². The summed E-state index contributed by atoms with van der Waals surface area (Å²) in [6.45, 7) is 6.03.